The fourth-order valence-corrected chi connectivity index (χ4v) is 2.38. The van der Waals surface area contributed by atoms with Crippen LogP contribution in [0.3, 0.4) is 0 Å². The maximum absolute atomic E-state index is 11.9. The zero-order valence-corrected chi connectivity index (χ0v) is 15.2. The topological polar surface area (TPSA) is 64.6 Å². The zero-order valence-electron chi connectivity index (χ0n) is 15.2. The molecule has 0 fully saturated rings. The lowest BCUT2D eigenvalue weighted by Gasteiger charge is -2.14. The van der Waals surface area contributed by atoms with Gasteiger partial charge in [0, 0.05) is 6.04 Å². The molecule has 0 aliphatic heterocycles. The Morgan fingerprint density at radius 3 is 2.38 bits per heavy atom. The SMILES string of the molecule is Cc1ccc(OCC(=O)OCC(=O)N[C@@H](C)CCc2ccccc2)cc1. The van der Waals surface area contributed by atoms with E-state index in [2.05, 4.69) is 17.4 Å². The second-order valence-corrected chi connectivity index (χ2v) is 6.26. The predicted molar refractivity (Wildman–Crippen MR) is 100 cm³/mol. The van der Waals surface area contributed by atoms with E-state index in [4.69, 9.17) is 9.47 Å². The molecule has 0 bridgehead atoms. The molecule has 0 radical (unpaired) electrons. The van der Waals surface area contributed by atoms with Crippen LogP contribution in [0, 0.1) is 6.92 Å². The average molecular weight is 355 g/mol. The van der Waals surface area contributed by atoms with E-state index in [-0.39, 0.29) is 25.2 Å². The number of carbonyl (C=O) groups excluding carboxylic acids is 2. The quantitative estimate of drug-likeness (QED) is 0.702. The Morgan fingerprint density at radius 2 is 1.69 bits per heavy atom. The molecule has 1 atom stereocenters. The van der Waals surface area contributed by atoms with Crippen LogP contribution in [0.4, 0.5) is 0 Å². The van der Waals surface area contributed by atoms with Gasteiger partial charge in [0.2, 0.25) is 0 Å². The maximum atomic E-state index is 11.9. The van der Waals surface area contributed by atoms with E-state index < -0.39 is 5.97 Å². The Morgan fingerprint density at radius 1 is 1.00 bits per heavy atom. The number of benzene rings is 2. The molecule has 0 saturated heterocycles. The molecule has 5 nitrogen and oxygen atoms in total. The minimum Gasteiger partial charge on any atom is -0.482 e. The van der Waals surface area contributed by atoms with Gasteiger partial charge < -0.3 is 14.8 Å². The number of nitrogens with one attached hydrogen (secondary N) is 1. The molecule has 0 aliphatic carbocycles. The van der Waals surface area contributed by atoms with Gasteiger partial charge in [-0.15, -0.1) is 0 Å². The van der Waals surface area contributed by atoms with Crippen LogP contribution in [0.25, 0.3) is 0 Å². The first-order valence-corrected chi connectivity index (χ1v) is 8.71. The number of carbonyl (C=O) groups is 2. The second kappa shape index (κ2) is 10.2. The van der Waals surface area contributed by atoms with E-state index in [0.717, 1.165) is 18.4 Å². The summed E-state index contributed by atoms with van der Waals surface area (Å²) in [5.41, 5.74) is 2.34. The highest BCUT2D eigenvalue weighted by molar-refractivity contribution is 5.81. The van der Waals surface area contributed by atoms with Gasteiger partial charge in [-0.3, -0.25) is 4.79 Å². The number of ether oxygens (including phenoxy) is 2. The number of amides is 1. The van der Waals surface area contributed by atoms with E-state index in [1.807, 2.05) is 44.2 Å². The van der Waals surface area contributed by atoms with Crippen molar-refractivity contribution in [2.75, 3.05) is 13.2 Å². The predicted octanol–water partition coefficient (Wildman–Crippen LogP) is 3.05. The molecular weight excluding hydrogens is 330 g/mol. The fraction of sp³-hybridized carbons (Fsp3) is 0.333. The summed E-state index contributed by atoms with van der Waals surface area (Å²) in [4.78, 5) is 23.5. The first-order chi connectivity index (χ1) is 12.5. The summed E-state index contributed by atoms with van der Waals surface area (Å²) in [7, 11) is 0. The van der Waals surface area contributed by atoms with E-state index in [9.17, 15) is 9.59 Å². The summed E-state index contributed by atoms with van der Waals surface area (Å²) in [6.45, 7) is 3.38. The van der Waals surface area contributed by atoms with Crippen molar-refractivity contribution in [3.8, 4) is 5.75 Å². The average Bonchev–Trinajstić information content (AvgIpc) is 2.65. The minimum atomic E-state index is -0.572. The van der Waals surface area contributed by atoms with Gasteiger partial charge in [-0.05, 0) is 44.4 Å². The van der Waals surface area contributed by atoms with Crippen molar-refractivity contribution >= 4 is 11.9 Å². The van der Waals surface area contributed by atoms with Crippen LogP contribution in [0.1, 0.15) is 24.5 Å². The molecule has 1 N–H and O–H groups in total. The normalized spacial score (nSPS) is 11.5. The maximum Gasteiger partial charge on any atom is 0.344 e. The summed E-state index contributed by atoms with van der Waals surface area (Å²) in [6, 6.07) is 17.4. The van der Waals surface area contributed by atoms with Crippen LogP contribution in [0.2, 0.25) is 0 Å². The highest BCUT2D eigenvalue weighted by Crippen LogP contribution is 2.11. The van der Waals surface area contributed by atoms with E-state index >= 15 is 0 Å². The van der Waals surface area contributed by atoms with Gasteiger partial charge in [0.05, 0.1) is 0 Å². The highest BCUT2D eigenvalue weighted by Gasteiger charge is 2.11. The van der Waals surface area contributed by atoms with Crippen LogP contribution in [-0.4, -0.2) is 31.1 Å². The molecule has 1 amide bonds. The summed E-state index contributed by atoms with van der Waals surface area (Å²) in [6.07, 6.45) is 1.70. The Labute approximate surface area is 154 Å². The van der Waals surface area contributed by atoms with Crippen molar-refractivity contribution in [3.05, 3.63) is 65.7 Å². The first-order valence-electron chi connectivity index (χ1n) is 8.71. The van der Waals surface area contributed by atoms with Crippen molar-refractivity contribution in [1.82, 2.24) is 5.32 Å². The molecule has 26 heavy (non-hydrogen) atoms. The van der Waals surface area contributed by atoms with E-state index in [1.54, 1.807) is 12.1 Å². The summed E-state index contributed by atoms with van der Waals surface area (Å²) in [5.74, 6) is -0.293. The van der Waals surface area contributed by atoms with E-state index in [0.29, 0.717) is 5.75 Å². The highest BCUT2D eigenvalue weighted by atomic mass is 16.6. The van der Waals surface area contributed by atoms with Crippen molar-refractivity contribution in [3.63, 3.8) is 0 Å². The molecular formula is C21H25NO4. The standard InChI is InChI=1S/C21H25NO4/c1-16-8-12-19(13-9-16)25-15-21(24)26-14-20(23)22-17(2)10-11-18-6-4-3-5-7-18/h3-9,12-13,17H,10-11,14-15H2,1-2H3,(H,22,23)/t17-/m0/s1. The van der Waals surface area contributed by atoms with Gasteiger partial charge >= 0.3 is 5.97 Å². The van der Waals surface area contributed by atoms with Gasteiger partial charge in [-0.2, -0.15) is 0 Å². The van der Waals surface area contributed by atoms with Gasteiger partial charge in [-0.1, -0.05) is 48.0 Å². The lowest BCUT2D eigenvalue weighted by Crippen LogP contribution is -2.36. The molecule has 5 heteroatoms. The molecule has 2 aromatic rings. The number of hydrogen-bond acceptors (Lipinski definition) is 4. The number of esters is 1. The second-order valence-electron chi connectivity index (χ2n) is 6.26. The van der Waals surface area contributed by atoms with Crippen LogP contribution in [-0.2, 0) is 20.7 Å². The third kappa shape index (κ3) is 7.38. The summed E-state index contributed by atoms with van der Waals surface area (Å²) < 4.78 is 10.3. The first kappa shape index (κ1) is 19.5. The Hall–Kier alpha value is -2.82. The minimum absolute atomic E-state index is 0.00483. The summed E-state index contributed by atoms with van der Waals surface area (Å²) in [5, 5.41) is 2.83. The van der Waals surface area contributed by atoms with Gasteiger partial charge in [0.1, 0.15) is 5.75 Å². The van der Waals surface area contributed by atoms with Crippen molar-refractivity contribution < 1.29 is 19.1 Å². The van der Waals surface area contributed by atoms with Crippen molar-refractivity contribution in [2.24, 2.45) is 0 Å². The number of aryl methyl sites for hydroxylation is 2. The van der Waals surface area contributed by atoms with Crippen molar-refractivity contribution in [1.29, 1.82) is 0 Å². The molecule has 0 spiro atoms. The third-order valence-corrected chi connectivity index (χ3v) is 3.86. The summed E-state index contributed by atoms with van der Waals surface area (Å²) >= 11 is 0. The Balaban J connectivity index is 1.61. The largest absolute Gasteiger partial charge is 0.482 e. The Bertz CT molecular complexity index is 698. The van der Waals surface area contributed by atoms with Crippen LogP contribution in [0.5, 0.6) is 5.75 Å². The van der Waals surface area contributed by atoms with Crippen LogP contribution < -0.4 is 10.1 Å². The molecule has 0 aliphatic rings. The molecule has 2 aromatic carbocycles. The molecule has 0 aromatic heterocycles. The molecule has 0 saturated carbocycles. The van der Waals surface area contributed by atoms with Gasteiger partial charge in [0.25, 0.3) is 5.91 Å². The molecule has 0 unspecified atom stereocenters. The number of hydrogen-bond donors (Lipinski definition) is 1. The monoisotopic (exact) mass is 355 g/mol. The molecule has 138 valence electrons. The Kier molecular flexibility index (Phi) is 7.68. The lowest BCUT2D eigenvalue weighted by molar-refractivity contribution is -0.150. The molecule has 0 heterocycles. The molecule has 2 rings (SSSR count). The van der Waals surface area contributed by atoms with Crippen LogP contribution in [0.15, 0.2) is 54.6 Å². The fourth-order valence-electron chi connectivity index (χ4n) is 2.38. The van der Waals surface area contributed by atoms with Crippen LogP contribution >= 0.6 is 0 Å². The van der Waals surface area contributed by atoms with Gasteiger partial charge in [-0.25, -0.2) is 4.79 Å². The van der Waals surface area contributed by atoms with Crippen molar-refractivity contribution in [2.45, 2.75) is 32.7 Å². The lowest BCUT2D eigenvalue weighted by atomic mass is 10.1. The number of rotatable bonds is 9. The third-order valence-electron chi connectivity index (χ3n) is 3.86. The van der Waals surface area contributed by atoms with Gasteiger partial charge in [0.15, 0.2) is 13.2 Å². The zero-order chi connectivity index (χ0) is 18.8. The van der Waals surface area contributed by atoms with E-state index in [1.165, 1.54) is 5.56 Å². The smallest absolute Gasteiger partial charge is 0.344 e.